The predicted octanol–water partition coefficient (Wildman–Crippen LogP) is -0.749. The van der Waals surface area contributed by atoms with Crippen molar-refractivity contribution in [3.63, 3.8) is 0 Å². The average molecular weight is 265 g/mol. The van der Waals surface area contributed by atoms with Gasteiger partial charge in [0, 0.05) is 18.6 Å². The normalized spacial score (nSPS) is 29.8. The Labute approximate surface area is 111 Å². The van der Waals surface area contributed by atoms with Crippen molar-refractivity contribution in [3.8, 4) is 0 Å². The fourth-order valence-corrected chi connectivity index (χ4v) is 3.29. The molecule has 1 amide bonds. The van der Waals surface area contributed by atoms with Crippen LogP contribution in [0.5, 0.6) is 0 Å². The highest BCUT2D eigenvalue weighted by Gasteiger charge is 2.42. The Hall–Kier alpha value is -1.47. The van der Waals surface area contributed by atoms with E-state index in [4.69, 9.17) is 5.73 Å². The highest BCUT2D eigenvalue weighted by Crippen LogP contribution is 2.35. The van der Waals surface area contributed by atoms with Gasteiger partial charge < -0.3 is 15.7 Å². The minimum atomic E-state index is -0.253. The fourth-order valence-electron chi connectivity index (χ4n) is 3.29. The maximum atomic E-state index is 12.4. The Morgan fingerprint density at radius 3 is 2.68 bits per heavy atom. The lowest BCUT2D eigenvalue weighted by Gasteiger charge is -2.37. The first-order valence-corrected chi connectivity index (χ1v) is 6.75. The molecule has 19 heavy (non-hydrogen) atoms. The number of nitrogens with zero attached hydrogens (tertiary/aromatic N) is 4. The van der Waals surface area contributed by atoms with E-state index >= 15 is 0 Å². The quantitative estimate of drug-likeness (QED) is 0.749. The van der Waals surface area contributed by atoms with Gasteiger partial charge in [-0.25, -0.2) is 4.68 Å². The Morgan fingerprint density at radius 1 is 1.42 bits per heavy atom. The van der Waals surface area contributed by atoms with Gasteiger partial charge in [-0.15, -0.1) is 5.10 Å². The zero-order valence-corrected chi connectivity index (χ0v) is 10.8. The smallest absolute Gasteiger partial charge is 0.244 e. The van der Waals surface area contributed by atoms with Gasteiger partial charge in [-0.3, -0.25) is 4.79 Å². The van der Waals surface area contributed by atoms with Gasteiger partial charge in [-0.2, -0.15) is 0 Å². The second kappa shape index (κ2) is 4.90. The third-order valence-corrected chi connectivity index (χ3v) is 4.09. The number of amides is 1. The third kappa shape index (κ3) is 2.35. The molecule has 2 fully saturated rings. The second-order valence-corrected chi connectivity index (χ2v) is 5.42. The summed E-state index contributed by atoms with van der Waals surface area (Å²) < 4.78 is 1.54. The van der Waals surface area contributed by atoms with E-state index in [1.54, 1.807) is 6.20 Å². The third-order valence-electron chi connectivity index (χ3n) is 4.09. The molecule has 2 unspecified atom stereocenters. The molecule has 2 aliphatic heterocycles. The van der Waals surface area contributed by atoms with E-state index in [1.807, 2.05) is 4.90 Å². The Balaban J connectivity index is 1.67. The van der Waals surface area contributed by atoms with Crippen LogP contribution in [0.4, 0.5) is 0 Å². The largest absolute Gasteiger partial charge is 0.393 e. The van der Waals surface area contributed by atoms with Crippen molar-refractivity contribution in [3.05, 3.63) is 11.9 Å². The molecule has 0 aromatic carbocycles. The summed E-state index contributed by atoms with van der Waals surface area (Å²) in [7, 11) is 0. The maximum absolute atomic E-state index is 12.4. The number of piperidine rings is 1. The lowest BCUT2D eigenvalue weighted by atomic mass is 10.00. The fraction of sp³-hybridized carbons (Fsp3) is 0.750. The molecule has 3 heterocycles. The Morgan fingerprint density at radius 2 is 2.11 bits per heavy atom. The molecule has 104 valence electrons. The van der Waals surface area contributed by atoms with Crippen molar-refractivity contribution < 1.29 is 9.90 Å². The van der Waals surface area contributed by atoms with Gasteiger partial charge in [-0.1, -0.05) is 5.21 Å². The van der Waals surface area contributed by atoms with Gasteiger partial charge in [-0.05, 0) is 25.7 Å². The van der Waals surface area contributed by atoms with Crippen LogP contribution in [0.25, 0.3) is 0 Å². The number of rotatable bonds is 3. The zero-order chi connectivity index (χ0) is 13.4. The van der Waals surface area contributed by atoms with E-state index in [0.29, 0.717) is 25.1 Å². The standard InChI is InChI=1S/C12H19N5O2/c13-5-8-6-16(15-14-8)7-12(19)17-9-1-2-10(17)4-11(18)3-9/h6,9-11,18H,1-5,7,13H2. The van der Waals surface area contributed by atoms with Crippen LogP contribution in [0.3, 0.4) is 0 Å². The predicted molar refractivity (Wildman–Crippen MR) is 66.8 cm³/mol. The summed E-state index contributed by atoms with van der Waals surface area (Å²) in [4.78, 5) is 14.3. The first-order valence-electron chi connectivity index (χ1n) is 6.75. The molecule has 0 aliphatic carbocycles. The van der Waals surface area contributed by atoms with Gasteiger partial charge in [0.05, 0.1) is 18.0 Å². The van der Waals surface area contributed by atoms with Crippen LogP contribution in [0.1, 0.15) is 31.4 Å². The van der Waals surface area contributed by atoms with E-state index in [9.17, 15) is 9.90 Å². The minimum Gasteiger partial charge on any atom is -0.393 e. The number of aromatic nitrogens is 3. The van der Waals surface area contributed by atoms with Crippen LogP contribution < -0.4 is 5.73 Å². The lowest BCUT2D eigenvalue weighted by molar-refractivity contribution is -0.138. The van der Waals surface area contributed by atoms with Crippen LogP contribution in [0.2, 0.25) is 0 Å². The van der Waals surface area contributed by atoms with Crippen molar-refractivity contribution in [1.29, 1.82) is 0 Å². The van der Waals surface area contributed by atoms with E-state index in [1.165, 1.54) is 4.68 Å². The molecule has 2 aliphatic rings. The number of hydrogen-bond acceptors (Lipinski definition) is 5. The molecular weight excluding hydrogens is 246 g/mol. The molecule has 1 aromatic heterocycles. The van der Waals surface area contributed by atoms with Crippen LogP contribution >= 0.6 is 0 Å². The van der Waals surface area contributed by atoms with Gasteiger partial charge in [0.15, 0.2) is 0 Å². The molecule has 0 saturated carbocycles. The van der Waals surface area contributed by atoms with E-state index < -0.39 is 0 Å². The van der Waals surface area contributed by atoms with E-state index in [0.717, 1.165) is 12.8 Å². The molecule has 1 aromatic rings. The van der Waals surface area contributed by atoms with E-state index in [2.05, 4.69) is 10.3 Å². The van der Waals surface area contributed by atoms with Crippen LogP contribution in [-0.4, -0.2) is 49.1 Å². The summed E-state index contributed by atoms with van der Waals surface area (Å²) in [5.74, 6) is 0.0628. The molecule has 3 N–H and O–H groups in total. The highest BCUT2D eigenvalue weighted by atomic mass is 16.3. The molecule has 2 atom stereocenters. The molecule has 7 heteroatoms. The van der Waals surface area contributed by atoms with Gasteiger partial charge in [0.1, 0.15) is 6.54 Å². The number of aliphatic hydroxyl groups excluding tert-OH is 1. The Bertz CT molecular complexity index is 460. The summed E-state index contributed by atoms with van der Waals surface area (Å²) >= 11 is 0. The summed E-state index contributed by atoms with van der Waals surface area (Å²) in [6, 6.07) is 0.387. The number of aliphatic hydroxyl groups is 1. The molecule has 0 radical (unpaired) electrons. The molecule has 0 spiro atoms. The molecule has 3 rings (SSSR count). The van der Waals surface area contributed by atoms with Gasteiger partial charge in [0.25, 0.3) is 0 Å². The second-order valence-electron chi connectivity index (χ2n) is 5.42. The minimum absolute atomic E-state index is 0.0628. The van der Waals surface area contributed by atoms with Crippen LogP contribution in [0.15, 0.2) is 6.20 Å². The monoisotopic (exact) mass is 265 g/mol. The van der Waals surface area contributed by atoms with Crippen molar-refractivity contribution in [2.24, 2.45) is 5.73 Å². The number of hydrogen-bond donors (Lipinski definition) is 2. The van der Waals surface area contributed by atoms with Crippen molar-refractivity contribution in [1.82, 2.24) is 19.9 Å². The van der Waals surface area contributed by atoms with Crippen molar-refractivity contribution in [2.45, 2.75) is 57.0 Å². The zero-order valence-electron chi connectivity index (χ0n) is 10.8. The molecule has 2 bridgehead atoms. The SMILES string of the molecule is NCc1cn(CC(=O)N2C3CCC2CC(O)C3)nn1. The molecular formula is C12H19N5O2. The first kappa shape index (κ1) is 12.6. The Kier molecular flexibility index (Phi) is 3.24. The van der Waals surface area contributed by atoms with E-state index in [-0.39, 0.29) is 30.6 Å². The molecule has 2 saturated heterocycles. The van der Waals surface area contributed by atoms with Crippen molar-refractivity contribution >= 4 is 5.91 Å². The summed E-state index contributed by atoms with van der Waals surface area (Å²) in [5, 5.41) is 17.5. The first-order chi connectivity index (χ1) is 9.17. The molecule has 7 nitrogen and oxygen atoms in total. The van der Waals surface area contributed by atoms with Crippen LogP contribution in [0, 0.1) is 0 Å². The maximum Gasteiger partial charge on any atom is 0.244 e. The highest BCUT2D eigenvalue weighted by molar-refractivity contribution is 5.77. The lowest BCUT2D eigenvalue weighted by Crippen LogP contribution is -2.49. The number of fused-ring (bicyclic) bond motifs is 2. The number of nitrogens with two attached hydrogens (primary N) is 1. The van der Waals surface area contributed by atoms with Gasteiger partial charge >= 0.3 is 0 Å². The van der Waals surface area contributed by atoms with Crippen LogP contribution in [-0.2, 0) is 17.9 Å². The van der Waals surface area contributed by atoms with Gasteiger partial charge in [0.2, 0.25) is 5.91 Å². The van der Waals surface area contributed by atoms with Crippen molar-refractivity contribution in [2.75, 3.05) is 0 Å². The summed E-state index contributed by atoms with van der Waals surface area (Å²) in [5.41, 5.74) is 6.15. The number of carbonyl (C=O) groups excluding carboxylic acids is 1. The topological polar surface area (TPSA) is 97.3 Å². The average Bonchev–Trinajstić information content (AvgIpc) is 2.93. The summed E-state index contributed by atoms with van der Waals surface area (Å²) in [6.45, 7) is 0.533. The number of carbonyl (C=O) groups is 1. The summed E-state index contributed by atoms with van der Waals surface area (Å²) in [6.07, 6.45) is 4.86.